The fraction of sp³-hybridized carbons (Fsp3) is 0.368. The molecule has 1 fully saturated rings. The fourth-order valence-corrected chi connectivity index (χ4v) is 3.05. The van der Waals surface area contributed by atoms with E-state index in [0.717, 1.165) is 44.5 Å². The standard InChI is InChI=1S/C19H20F3N3O2/c1-27-17-8-5-13(12-23-17)18(26)24-15-11-14(19(20,21)22)6-7-16(15)25-9-3-2-4-10-25/h5-8,11-12H,2-4,9-10H2,1H3,(H,24,26). The van der Waals surface area contributed by atoms with Crippen molar-refractivity contribution in [1.29, 1.82) is 0 Å². The van der Waals surface area contributed by atoms with Gasteiger partial charge in [-0.3, -0.25) is 4.79 Å². The molecule has 8 heteroatoms. The van der Waals surface area contributed by atoms with Gasteiger partial charge in [-0.2, -0.15) is 13.2 Å². The zero-order valence-corrected chi connectivity index (χ0v) is 14.8. The van der Waals surface area contributed by atoms with Gasteiger partial charge in [0.2, 0.25) is 5.88 Å². The maximum atomic E-state index is 13.1. The molecule has 0 aliphatic carbocycles. The third kappa shape index (κ3) is 4.50. The first-order valence-electron chi connectivity index (χ1n) is 8.66. The largest absolute Gasteiger partial charge is 0.481 e. The molecule has 0 bridgehead atoms. The van der Waals surface area contributed by atoms with E-state index in [2.05, 4.69) is 10.3 Å². The SMILES string of the molecule is COc1ccc(C(=O)Nc2cc(C(F)(F)F)ccc2N2CCCCC2)cn1. The third-order valence-electron chi connectivity index (χ3n) is 4.48. The average Bonchev–Trinajstić information content (AvgIpc) is 2.68. The summed E-state index contributed by atoms with van der Waals surface area (Å²) in [4.78, 5) is 18.5. The molecule has 1 saturated heterocycles. The van der Waals surface area contributed by atoms with Crippen LogP contribution in [0.4, 0.5) is 24.5 Å². The number of halogens is 3. The van der Waals surface area contributed by atoms with Crippen LogP contribution in [0, 0.1) is 0 Å². The Morgan fingerprint density at radius 2 is 1.89 bits per heavy atom. The van der Waals surface area contributed by atoms with Crippen LogP contribution in [0.1, 0.15) is 35.2 Å². The van der Waals surface area contributed by atoms with Crippen molar-refractivity contribution in [3.05, 3.63) is 47.7 Å². The van der Waals surface area contributed by atoms with Gasteiger partial charge in [0.25, 0.3) is 5.91 Å². The lowest BCUT2D eigenvalue weighted by atomic mass is 10.1. The molecular formula is C19H20F3N3O2. The van der Waals surface area contributed by atoms with Crippen LogP contribution in [0.3, 0.4) is 0 Å². The van der Waals surface area contributed by atoms with Crippen LogP contribution in [-0.2, 0) is 6.18 Å². The number of alkyl halides is 3. The number of carbonyl (C=O) groups is 1. The second-order valence-corrected chi connectivity index (χ2v) is 6.32. The Bertz CT molecular complexity index is 801. The molecule has 27 heavy (non-hydrogen) atoms. The molecule has 1 aromatic carbocycles. The molecule has 2 heterocycles. The van der Waals surface area contributed by atoms with E-state index in [9.17, 15) is 18.0 Å². The summed E-state index contributed by atoms with van der Waals surface area (Å²) in [5.74, 6) is -0.178. The molecule has 1 amide bonds. The Hall–Kier alpha value is -2.77. The molecule has 0 atom stereocenters. The molecule has 1 N–H and O–H groups in total. The van der Waals surface area contributed by atoms with Crippen LogP contribution in [0.5, 0.6) is 5.88 Å². The molecule has 0 spiro atoms. The molecule has 1 aliphatic rings. The predicted octanol–water partition coefficient (Wildman–Crippen LogP) is 4.35. The number of anilines is 2. The van der Waals surface area contributed by atoms with Crippen LogP contribution in [0.15, 0.2) is 36.5 Å². The highest BCUT2D eigenvalue weighted by atomic mass is 19.4. The minimum atomic E-state index is -4.48. The van der Waals surface area contributed by atoms with E-state index in [1.54, 1.807) is 0 Å². The Morgan fingerprint density at radius 3 is 2.48 bits per heavy atom. The van der Waals surface area contributed by atoms with E-state index in [0.29, 0.717) is 11.6 Å². The van der Waals surface area contributed by atoms with E-state index in [-0.39, 0.29) is 11.3 Å². The molecule has 0 saturated carbocycles. The highest BCUT2D eigenvalue weighted by Gasteiger charge is 2.32. The number of ether oxygens (including phenoxy) is 1. The molecule has 0 unspecified atom stereocenters. The minimum Gasteiger partial charge on any atom is -0.481 e. The number of pyridine rings is 1. The van der Waals surface area contributed by atoms with Gasteiger partial charge < -0.3 is 15.0 Å². The van der Waals surface area contributed by atoms with Gasteiger partial charge in [-0.05, 0) is 43.5 Å². The van der Waals surface area contributed by atoms with Crippen molar-refractivity contribution < 1.29 is 22.7 Å². The highest BCUT2D eigenvalue weighted by molar-refractivity contribution is 6.05. The summed E-state index contributed by atoms with van der Waals surface area (Å²) >= 11 is 0. The van der Waals surface area contributed by atoms with Crippen LogP contribution in [0.25, 0.3) is 0 Å². The van der Waals surface area contributed by atoms with Crippen molar-refractivity contribution in [2.24, 2.45) is 0 Å². The molecule has 2 aromatic rings. The van der Waals surface area contributed by atoms with Gasteiger partial charge in [0.15, 0.2) is 0 Å². The van der Waals surface area contributed by atoms with E-state index < -0.39 is 17.6 Å². The number of hydrogen-bond donors (Lipinski definition) is 1. The molecule has 0 radical (unpaired) electrons. The second-order valence-electron chi connectivity index (χ2n) is 6.32. The number of carbonyl (C=O) groups excluding carboxylic acids is 1. The van der Waals surface area contributed by atoms with Gasteiger partial charge in [0.1, 0.15) is 0 Å². The van der Waals surface area contributed by atoms with Crippen molar-refractivity contribution in [2.75, 3.05) is 30.4 Å². The first-order valence-corrected chi connectivity index (χ1v) is 8.66. The lowest BCUT2D eigenvalue weighted by Gasteiger charge is -2.31. The molecular weight excluding hydrogens is 359 g/mol. The lowest BCUT2D eigenvalue weighted by molar-refractivity contribution is -0.137. The predicted molar refractivity (Wildman–Crippen MR) is 96.3 cm³/mol. The van der Waals surface area contributed by atoms with Crippen molar-refractivity contribution in [1.82, 2.24) is 4.98 Å². The summed E-state index contributed by atoms with van der Waals surface area (Å²) in [6, 6.07) is 6.49. The summed E-state index contributed by atoms with van der Waals surface area (Å²) in [6.45, 7) is 1.50. The van der Waals surface area contributed by atoms with E-state index in [1.807, 2.05) is 4.90 Å². The lowest BCUT2D eigenvalue weighted by Crippen LogP contribution is -2.30. The Kier molecular flexibility index (Phi) is 5.53. The number of amides is 1. The molecule has 5 nitrogen and oxygen atoms in total. The summed E-state index contributed by atoms with van der Waals surface area (Å²) in [7, 11) is 1.45. The van der Waals surface area contributed by atoms with Crippen LogP contribution in [-0.4, -0.2) is 31.1 Å². The van der Waals surface area contributed by atoms with Crippen LogP contribution < -0.4 is 15.0 Å². The van der Waals surface area contributed by atoms with E-state index >= 15 is 0 Å². The number of hydrogen-bond acceptors (Lipinski definition) is 4. The zero-order valence-electron chi connectivity index (χ0n) is 14.8. The number of methoxy groups -OCH3 is 1. The van der Waals surface area contributed by atoms with Crippen molar-refractivity contribution in [3.63, 3.8) is 0 Å². The molecule has 144 valence electrons. The van der Waals surface area contributed by atoms with Gasteiger partial charge in [-0.15, -0.1) is 0 Å². The first-order chi connectivity index (χ1) is 12.9. The Balaban J connectivity index is 1.91. The summed E-state index contributed by atoms with van der Waals surface area (Å²) in [5.41, 5.74) is 0.175. The first kappa shape index (κ1) is 19.0. The second kappa shape index (κ2) is 7.85. The minimum absolute atomic E-state index is 0.146. The number of nitrogens with zero attached hydrogens (tertiary/aromatic N) is 2. The van der Waals surface area contributed by atoms with Crippen molar-refractivity contribution in [3.8, 4) is 5.88 Å². The van der Waals surface area contributed by atoms with Crippen LogP contribution >= 0.6 is 0 Å². The van der Waals surface area contributed by atoms with Gasteiger partial charge in [0.05, 0.1) is 29.6 Å². The zero-order chi connectivity index (χ0) is 19.4. The molecule has 1 aliphatic heterocycles. The van der Waals surface area contributed by atoms with E-state index in [4.69, 9.17) is 4.74 Å². The van der Waals surface area contributed by atoms with Gasteiger partial charge in [-0.25, -0.2) is 4.98 Å². The smallest absolute Gasteiger partial charge is 0.416 e. The maximum absolute atomic E-state index is 13.1. The number of nitrogens with one attached hydrogen (secondary N) is 1. The number of rotatable bonds is 4. The fourth-order valence-electron chi connectivity index (χ4n) is 3.05. The van der Waals surface area contributed by atoms with Crippen molar-refractivity contribution in [2.45, 2.75) is 25.4 Å². The summed E-state index contributed by atoms with van der Waals surface area (Å²) < 4.78 is 44.4. The van der Waals surface area contributed by atoms with Crippen LogP contribution in [0.2, 0.25) is 0 Å². The maximum Gasteiger partial charge on any atom is 0.416 e. The van der Waals surface area contributed by atoms with Gasteiger partial charge in [0, 0.05) is 25.4 Å². The molecule has 3 rings (SSSR count). The third-order valence-corrected chi connectivity index (χ3v) is 4.48. The monoisotopic (exact) mass is 379 g/mol. The number of benzene rings is 1. The average molecular weight is 379 g/mol. The van der Waals surface area contributed by atoms with E-state index in [1.165, 1.54) is 31.5 Å². The highest BCUT2D eigenvalue weighted by Crippen LogP contribution is 2.36. The summed E-state index contributed by atoms with van der Waals surface area (Å²) in [6.07, 6.45) is -0.131. The Morgan fingerprint density at radius 1 is 1.15 bits per heavy atom. The quantitative estimate of drug-likeness (QED) is 0.858. The van der Waals surface area contributed by atoms with Crippen molar-refractivity contribution >= 4 is 17.3 Å². The topological polar surface area (TPSA) is 54.5 Å². The normalized spacial score (nSPS) is 14.7. The Labute approximate surface area is 155 Å². The number of aromatic nitrogens is 1. The number of piperidine rings is 1. The molecule has 1 aromatic heterocycles. The van der Waals surface area contributed by atoms with Gasteiger partial charge in [-0.1, -0.05) is 0 Å². The summed E-state index contributed by atoms with van der Waals surface area (Å²) in [5, 5.41) is 2.61. The van der Waals surface area contributed by atoms with Gasteiger partial charge >= 0.3 is 6.18 Å².